The molecule has 0 spiro atoms. The molecule has 1 unspecified atom stereocenters. The molecule has 0 saturated carbocycles. The molecular formula is C31H27BrFN3O5S2. The maximum Gasteiger partial charge on any atom is 0.301 e. The van der Waals surface area contributed by atoms with Gasteiger partial charge in [-0.15, -0.1) is 10.2 Å². The van der Waals surface area contributed by atoms with E-state index in [2.05, 4.69) is 33.1 Å². The van der Waals surface area contributed by atoms with Crippen molar-refractivity contribution in [2.24, 2.45) is 0 Å². The molecule has 0 aliphatic carbocycles. The molecule has 1 fully saturated rings. The molecule has 222 valence electrons. The number of anilines is 1. The summed E-state index contributed by atoms with van der Waals surface area (Å²) < 4.78 is 26.1. The van der Waals surface area contributed by atoms with Crippen LogP contribution in [0.2, 0.25) is 0 Å². The lowest BCUT2D eigenvalue weighted by molar-refractivity contribution is -0.132. The van der Waals surface area contributed by atoms with Crippen LogP contribution in [0.15, 0.2) is 81.1 Å². The number of unbranched alkanes of at least 4 members (excludes halogenated alkanes) is 1. The third-order valence-electron chi connectivity index (χ3n) is 6.70. The lowest BCUT2D eigenvalue weighted by Crippen LogP contribution is -2.29. The van der Waals surface area contributed by atoms with Gasteiger partial charge in [-0.3, -0.25) is 14.5 Å². The van der Waals surface area contributed by atoms with Crippen molar-refractivity contribution in [2.75, 3.05) is 18.6 Å². The fourth-order valence-electron chi connectivity index (χ4n) is 4.49. The Kier molecular flexibility index (Phi) is 9.79. The number of carbonyl (C=O) groups is 2. The molecule has 43 heavy (non-hydrogen) atoms. The molecule has 1 saturated heterocycles. The fourth-order valence-corrected chi connectivity index (χ4v) is 6.58. The molecule has 1 aliphatic rings. The van der Waals surface area contributed by atoms with Gasteiger partial charge in [-0.05, 0) is 53.9 Å². The van der Waals surface area contributed by atoms with E-state index >= 15 is 0 Å². The number of Topliss-reactive ketones (excluding diaryl/α,β-unsaturated/α-hetero) is 1. The molecule has 1 atom stereocenters. The van der Waals surface area contributed by atoms with Crippen LogP contribution >= 0.6 is 39.0 Å². The van der Waals surface area contributed by atoms with E-state index in [0.29, 0.717) is 39.3 Å². The van der Waals surface area contributed by atoms with Crippen LogP contribution in [-0.4, -0.2) is 40.7 Å². The number of halogens is 2. The van der Waals surface area contributed by atoms with Crippen LogP contribution < -0.4 is 14.4 Å². The van der Waals surface area contributed by atoms with Gasteiger partial charge in [-0.2, -0.15) is 0 Å². The number of aliphatic hydroxyl groups excluding tert-OH is 1. The first-order chi connectivity index (χ1) is 20.8. The van der Waals surface area contributed by atoms with Gasteiger partial charge < -0.3 is 14.6 Å². The number of aliphatic hydroxyl groups is 1. The summed E-state index contributed by atoms with van der Waals surface area (Å²) in [4.78, 5) is 28.4. The van der Waals surface area contributed by atoms with Crippen LogP contribution in [0.25, 0.3) is 5.76 Å². The third kappa shape index (κ3) is 6.76. The zero-order valence-corrected chi connectivity index (χ0v) is 26.5. The number of thioether (sulfide) groups is 1. The Hall–Kier alpha value is -3.74. The van der Waals surface area contributed by atoms with Crippen molar-refractivity contribution in [2.45, 2.75) is 35.9 Å². The molecule has 1 amide bonds. The van der Waals surface area contributed by atoms with Gasteiger partial charge in [0.2, 0.25) is 5.13 Å². The summed E-state index contributed by atoms with van der Waals surface area (Å²) >= 11 is 5.91. The molecule has 1 aromatic heterocycles. The highest BCUT2D eigenvalue weighted by atomic mass is 79.9. The first-order valence-corrected chi connectivity index (χ1v) is 16.0. The molecule has 2 heterocycles. The second kappa shape index (κ2) is 13.7. The number of benzene rings is 3. The smallest absolute Gasteiger partial charge is 0.301 e. The van der Waals surface area contributed by atoms with Crippen molar-refractivity contribution < 1.29 is 28.6 Å². The standard InChI is InChI=1S/C31H27BrFN3O5S2/c1-3-4-15-41-23-14-9-20(16-24(23)40-2)26-25(27(37)19-7-10-21(32)11-8-19)28(38)29(39)36(26)30-34-35-31(43-30)42-17-18-5-12-22(33)13-6-18/h5-14,16,26,37H,3-4,15,17H2,1-2H3/b27-25-. The summed E-state index contributed by atoms with van der Waals surface area (Å²) in [5.74, 6) is -0.841. The fraction of sp³-hybridized carbons (Fsp3) is 0.226. The lowest BCUT2D eigenvalue weighted by atomic mass is 9.95. The Morgan fingerprint density at radius 3 is 2.51 bits per heavy atom. The van der Waals surface area contributed by atoms with Gasteiger partial charge >= 0.3 is 5.91 Å². The summed E-state index contributed by atoms with van der Waals surface area (Å²) in [5, 5.41) is 20.1. The van der Waals surface area contributed by atoms with E-state index in [0.717, 1.165) is 34.2 Å². The van der Waals surface area contributed by atoms with E-state index in [9.17, 15) is 19.1 Å². The summed E-state index contributed by atoms with van der Waals surface area (Å²) in [6.07, 6.45) is 1.84. The minimum atomic E-state index is -1.01. The van der Waals surface area contributed by atoms with E-state index in [4.69, 9.17) is 9.47 Å². The Labute approximate surface area is 264 Å². The average Bonchev–Trinajstić information content (AvgIpc) is 3.59. The minimum absolute atomic E-state index is 0.0789. The second-order valence-corrected chi connectivity index (χ2v) is 12.6. The number of ether oxygens (including phenoxy) is 2. The molecule has 1 aliphatic heterocycles. The van der Waals surface area contributed by atoms with Crippen molar-refractivity contribution in [3.05, 3.63) is 99.3 Å². The first kappa shape index (κ1) is 30.7. The molecule has 0 bridgehead atoms. The van der Waals surface area contributed by atoms with Gasteiger partial charge in [0.25, 0.3) is 5.78 Å². The number of amides is 1. The average molecular weight is 685 g/mol. The molecule has 0 radical (unpaired) electrons. The van der Waals surface area contributed by atoms with Gasteiger partial charge in [-0.1, -0.05) is 82.7 Å². The number of aromatic nitrogens is 2. The number of ketones is 1. The van der Waals surface area contributed by atoms with Gasteiger partial charge in [0.1, 0.15) is 11.6 Å². The Morgan fingerprint density at radius 1 is 1.07 bits per heavy atom. The van der Waals surface area contributed by atoms with Crippen LogP contribution in [0.1, 0.15) is 42.5 Å². The lowest BCUT2D eigenvalue weighted by Gasteiger charge is -2.23. The summed E-state index contributed by atoms with van der Waals surface area (Å²) in [6, 6.07) is 17.1. The summed E-state index contributed by atoms with van der Waals surface area (Å²) in [6.45, 7) is 2.58. The predicted molar refractivity (Wildman–Crippen MR) is 168 cm³/mol. The topological polar surface area (TPSA) is 102 Å². The highest BCUT2D eigenvalue weighted by molar-refractivity contribution is 9.10. The van der Waals surface area contributed by atoms with E-state index in [1.165, 1.54) is 35.9 Å². The number of carbonyl (C=O) groups excluding carboxylic acids is 2. The molecule has 1 N–H and O–H groups in total. The molecule has 5 rings (SSSR count). The van der Waals surface area contributed by atoms with Crippen LogP contribution in [-0.2, 0) is 15.3 Å². The number of hydrogen-bond donors (Lipinski definition) is 1. The van der Waals surface area contributed by atoms with Crippen molar-refractivity contribution in [3.8, 4) is 11.5 Å². The van der Waals surface area contributed by atoms with E-state index in [1.54, 1.807) is 54.6 Å². The SMILES string of the molecule is CCCCOc1ccc(C2/C(=C(/O)c3ccc(Br)cc3)C(=O)C(=O)N2c2nnc(SCc3ccc(F)cc3)s2)cc1OC. The zero-order chi connectivity index (χ0) is 30.5. The quantitative estimate of drug-likeness (QED) is 0.0432. The number of hydrogen-bond acceptors (Lipinski definition) is 9. The van der Waals surface area contributed by atoms with Crippen molar-refractivity contribution in [3.63, 3.8) is 0 Å². The Balaban J connectivity index is 1.55. The van der Waals surface area contributed by atoms with Crippen molar-refractivity contribution in [1.29, 1.82) is 0 Å². The van der Waals surface area contributed by atoms with Crippen LogP contribution in [0.5, 0.6) is 11.5 Å². The summed E-state index contributed by atoms with van der Waals surface area (Å²) in [5.41, 5.74) is 1.72. The minimum Gasteiger partial charge on any atom is -0.507 e. The first-order valence-electron chi connectivity index (χ1n) is 13.4. The highest BCUT2D eigenvalue weighted by Gasteiger charge is 2.48. The van der Waals surface area contributed by atoms with Crippen molar-refractivity contribution >= 4 is 61.6 Å². The van der Waals surface area contributed by atoms with Crippen LogP contribution in [0, 0.1) is 5.82 Å². The predicted octanol–water partition coefficient (Wildman–Crippen LogP) is 7.55. The number of nitrogens with zero attached hydrogens (tertiary/aromatic N) is 3. The van der Waals surface area contributed by atoms with Crippen molar-refractivity contribution in [1.82, 2.24) is 10.2 Å². The zero-order valence-electron chi connectivity index (χ0n) is 23.3. The normalized spacial score (nSPS) is 16.1. The molecule has 12 heteroatoms. The van der Waals surface area contributed by atoms with E-state index in [-0.39, 0.29) is 22.3 Å². The Bertz CT molecular complexity index is 1660. The third-order valence-corrected chi connectivity index (χ3v) is 9.35. The van der Waals surface area contributed by atoms with Gasteiger partial charge in [0.05, 0.1) is 25.3 Å². The number of methoxy groups -OCH3 is 1. The van der Waals surface area contributed by atoms with E-state index < -0.39 is 17.7 Å². The van der Waals surface area contributed by atoms with Gasteiger partial charge in [0, 0.05) is 15.8 Å². The van der Waals surface area contributed by atoms with Gasteiger partial charge in [-0.25, -0.2) is 4.39 Å². The van der Waals surface area contributed by atoms with E-state index in [1.807, 2.05) is 0 Å². The molecule has 8 nitrogen and oxygen atoms in total. The molecule has 4 aromatic rings. The maximum absolute atomic E-state index is 13.6. The monoisotopic (exact) mass is 683 g/mol. The van der Waals surface area contributed by atoms with Gasteiger partial charge in [0.15, 0.2) is 15.8 Å². The van der Waals surface area contributed by atoms with Crippen LogP contribution in [0.3, 0.4) is 0 Å². The maximum atomic E-state index is 13.6. The Morgan fingerprint density at radius 2 is 1.81 bits per heavy atom. The second-order valence-electron chi connectivity index (χ2n) is 9.55. The largest absolute Gasteiger partial charge is 0.507 e. The molecular weight excluding hydrogens is 657 g/mol. The van der Waals surface area contributed by atoms with Crippen LogP contribution in [0.4, 0.5) is 9.52 Å². The summed E-state index contributed by atoms with van der Waals surface area (Å²) in [7, 11) is 1.51. The number of rotatable bonds is 11. The highest BCUT2D eigenvalue weighted by Crippen LogP contribution is 2.45. The molecule has 3 aromatic carbocycles.